The Morgan fingerprint density at radius 2 is 1.00 bits per heavy atom. The summed E-state index contributed by atoms with van der Waals surface area (Å²) in [6.07, 6.45) is 0. The molecule has 0 spiro atoms. The fourth-order valence-electron chi connectivity index (χ4n) is 1.12. The van der Waals surface area contributed by atoms with Crippen molar-refractivity contribution in [3.63, 3.8) is 0 Å². The quantitative estimate of drug-likeness (QED) is 0.445. The van der Waals surface area contributed by atoms with Crippen molar-refractivity contribution in [3.05, 3.63) is 0 Å². The zero-order valence-electron chi connectivity index (χ0n) is 10.4. The van der Waals surface area contributed by atoms with Gasteiger partial charge in [-0.1, -0.05) is 41.5 Å². The van der Waals surface area contributed by atoms with Crippen LogP contribution < -0.4 is 0 Å². The van der Waals surface area contributed by atoms with Gasteiger partial charge in [-0.2, -0.15) is 0 Å². The van der Waals surface area contributed by atoms with E-state index in [2.05, 4.69) is 51.4 Å². The zero-order chi connectivity index (χ0) is 11.3. The number of hydrogen-bond donors (Lipinski definition) is 0. The van der Waals surface area contributed by atoms with Crippen molar-refractivity contribution in [2.75, 3.05) is 0 Å². The molecule has 0 saturated carbocycles. The summed E-state index contributed by atoms with van der Waals surface area (Å²) in [5.74, 6) is 0. The van der Waals surface area contributed by atoms with E-state index in [0.29, 0.717) is 10.3 Å². The van der Waals surface area contributed by atoms with Gasteiger partial charge in [0.25, 0.3) is 0 Å². The molecule has 0 saturated heterocycles. The van der Waals surface area contributed by atoms with E-state index in [1.165, 1.54) is 0 Å². The maximum atomic E-state index is 5.47. The SMILES string of the molecule is CC(C)(C)PC(C)(C)C.[CH3][Sn]([CH3])[Cl]. The zero-order valence-corrected chi connectivity index (χ0v) is 15.0. The second kappa shape index (κ2) is 6.90. The van der Waals surface area contributed by atoms with Crippen LogP contribution in [-0.4, -0.2) is 28.9 Å². The van der Waals surface area contributed by atoms with E-state index in [-0.39, 0.29) is 0 Å². The van der Waals surface area contributed by atoms with Gasteiger partial charge >= 0.3 is 37.4 Å². The first-order valence-corrected chi connectivity index (χ1v) is 15.0. The predicted molar refractivity (Wildman–Crippen MR) is 71.2 cm³/mol. The molecule has 0 aliphatic rings. The van der Waals surface area contributed by atoms with Crippen LogP contribution in [-0.2, 0) is 0 Å². The molecule has 0 aromatic rings. The van der Waals surface area contributed by atoms with Crippen molar-refractivity contribution in [2.45, 2.75) is 61.7 Å². The first kappa shape index (κ1) is 16.9. The van der Waals surface area contributed by atoms with Crippen molar-refractivity contribution < 1.29 is 0 Å². The number of hydrogen-bond acceptors (Lipinski definition) is 0. The minimum atomic E-state index is -1.07. The van der Waals surface area contributed by atoms with Gasteiger partial charge in [-0.25, -0.2) is 0 Å². The fraction of sp³-hybridized carbons (Fsp3) is 1.00. The summed E-state index contributed by atoms with van der Waals surface area (Å²) < 4.78 is 0. The Bertz CT molecular complexity index is 107. The van der Waals surface area contributed by atoms with E-state index < -0.39 is 18.6 Å². The molecule has 13 heavy (non-hydrogen) atoms. The van der Waals surface area contributed by atoms with Gasteiger partial charge in [0.05, 0.1) is 0 Å². The van der Waals surface area contributed by atoms with Gasteiger partial charge in [-0.3, -0.25) is 0 Å². The van der Waals surface area contributed by atoms with Gasteiger partial charge in [-0.15, -0.1) is 8.58 Å². The van der Waals surface area contributed by atoms with E-state index in [4.69, 9.17) is 8.92 Å². The standard InChI is InChI=1S/C8H19P.2CH3.ClH.Sn/c1-7(2,3)9-8(4,5)6;;;;/h9H,1-6H3;2*1H3;1H;/q;;;;+1/p-1. The van der Waals surface area contributed by atoms with Gasteiger partial charge in [0.2, 0.25) is 0 Å². The summed E-state index contributed by atoms with van der Waals surface area (Å²) in [6, 6.07) is 0. The van der Waals surface area contributed by atoms with E-state index in [0.717, 1.165) is 8.58 Å². The minimum absolute atomic E-state index is 0.512. The first-order valence-electron chi connectivity index (χ1n) is 4.69. The van der Waals surface area contributed by atoms with Crippen molar-refractivity contribution in [1.82, 2.24) is 0 Å². The van der Waals surface area contributed by atoms with E-state index in [1.54, 1.807) is 0 Å². The number of halogens is 1. The Balaban J connectivity index is 0. The van der Waals surface area contributed by atoms with Crippen LogP contribution in [0, 0.1) is 0 Å². The Morgan fingerprint density at radius 1 is 0.846 bits per heavy atom. The van der Waals surface area contributed by atoms with E-state index >= 15 is 0 Å². The molecule has 81 valence electrons. The van der Waals surface area contributed by atoms with Gasteiger partial charge in [0, 0.05) is 0 Å². The average molecular weight is 330 g/mol. The monoisotopic (exact) mass is 331 g/mol. The third-order valence-corrected chi connectivity index (χ3v) is 2.25. The molecule has 0 unspecified atom stereocenters. The maximum absolute atomic E-state index is 5.47. The van der Waals surface area contributed by atoms with Crippen LogP contribution in [0.5, 0.6) is 0 Å². The average Bonchev–Trinajstić information content (AvgIpc) is 1.47. The molecule has 0 aliphatic carbocycles. The van der Waals surface area contributed by atoms with Crippen LogP contribution in [0.2, 0.25) is 9.88 Å². The summed E-state index contributed by atoms with van der Waals surface area (Å²) >= 11 is -1.07. The topological polar surface area (TPSA) is 0 Å². The van der Waals surface area contributed by atoms with Crippen LogP contribution in [0.25, 0.3) is 0 Å². The third kappa shape index (κ3) is 31.7. The summed E-state index contributed by atoms with van der Waals surface area (Å²) in [6.45, 7) is 13.8. The molecule has 3 heteroatoms. The van der Waals surface area contributed by atoms with Gasteiger partial charge in [-0.05, 0) is 10.3 Å². The van der Waals surface area contributed by atoms with Crippen molar-refractivity contribution in [1.29, 1.82) is 0 Å². The molecule has 0 aromatic heterocycles. The van der Waals surface area contributed by atoms with Gasteiger partial charge in [0.1, 0.15) is 0 Å². The van der Waals surface area contributed by atoms with Crippen molar-refractivity contribution >= 4 is 36.1 Å². The molecular weight excluding hydrogens is 305 g/mol. The Hall–Kier alpha value is 1.52. The molecule has 0 amide bonds. The Labute approximate surface area is 97.4 Å². The second-order valence-electron chi connectivity index (χ2n) is 5.50. The molecule has 1 radical (unpaired) electrons. The Morgan fingerprint density at radius 3 is 1.00 bits per heavy atom. The van der Waals surface area contributed by atoms with E-state index in [9.17, 15) is 0 Å². The summed E-state index contributed by atoms with van der Waals surface area (Å²) in [5, 5.41) is 1.02. The van der Waals surface area contributed by atoms with Crippen molar-refractivity contribution in [2.24, 2.45) is 0 Å². The summed E-state index contributed by atoms with van der Waals surface area (Å²) in [5.41, 5.74) is 0. The summed E-state index contributed by atoms with van der Waals surface area (Å²) in [4.78, 5) is 4.26. The molecule has 0 bridgehead atoms. The molecule has 0 fully saturated rings. The van der Waals surface area contributed by atoms with Crippen LogP contribution in [0.1, 0.15) is 41.5 Å². The Kier molecular flexibility index (Phi) is 8.99. The van der Waals surface area contributed by atoms with Crippen LogP contribution in [0.4, 0.5) is 0 Å². The predicted octanol–water partition coefficient (Wildman–Crippen LogP) is 4.74. The normalized spacial score (nSPS) is 12.5. The molecule has 0 heterocycles. The van der Waals surface area contributed by atoms with Crippen molar-refractivity contribution in [3.8, 4) is 0 Å². The molecule has 0 aromatic carbocycles. The number of rotatable bonds is 0. The molecular formula is C10H25ClPSn. The molecule has 0 atom stereocenters. The van der Waals surface area contributed by atoms with Crippen LogP contribution in [0.3, 0.4) is 0 Å². The van der Waals surface area contributed by atoms with E-state index in [1.807, 2.05) is 0 Å². The third-order valence-electron chi connectivity index (χ3n) is 0.750. The first-order chi connectivity index (χ1) is 5.44. The second-order valence-corrected chi connectivity index (χ2v) is 18.8. The molecule has 0 nitrogen and oxygen atoms in total. The van der Waals surface area contributed by atoms with Crippen LogP contribution in [0.15, 0.2) is 0 Å². The summed E-state index contributed by atoms with van der Waals surface area (Å²) in [7, 11) is 6.52. The fourth-order valence-corrected chi connectivity index (χ4v) is 3.38. The molecule has 0 rings (SSSR count). The molecule has 0 N–H and O–H groups in total. The molecule has 0 aliphatic heterocycles. The van der Waals surface area contributed by atoms with Crippen LogP contribution >= 0.6 is 17.5 Å². The van der Waals surface area contributed by atoms with Gasteiger partial charge < -0.3 is 0 Å². The van der Waals surface area contributed by atoms with Gasteiger partial charge in [0.15, 0.2) is 0 Å².